The Kier molecular flexibility index (Phi) is 7.22. The molecule has 1 unspecified atom stereocenters. The number of nitrogens with zero attached hydrogens (tertiary/aromatic N) is 1. The van der Waals surface area contributed by atoms with E-state index in [1.807, 2.05) is 18.2 Å². The molecule has 0 fully saturated rings. The van der Waals surface area contributed by atoms with Crippen molar-refractivity contribution in [1.82, 2.24) is 4.90 Å². The molecule has 112 valence electrons. The highest BCUT2D eigenvalue weighted by Crippen LogP contribution is 2.13. The molecule has 0 aliphatic rings. The molecular weight excluding hydrogens is 254 g/mol. The number of amides is 1. The Balaban J connectivity index is 2.70. The molecule has 0 spiro atoms. The van der Waals surface area contributed by atoms with Gasteiger partial charge in [0, 0.05) is 25.9 Å². The summed E-state index contributed by atoms with van der Waals surface area (Å²) in [6.07, 6.45) is -0.610. The lowest BCUT2D eigenvalue weighted by Crippen LogP contribution is -2.35. The van der Waals surface area contributed by atoms with Gasteiger partial charge in [0.1, 0.15) is 6.10 Å². The Morgan fingerprint density at radius 3 is 2.65 bits per heavy atom. The fraction of sp³-hybridized carbons (Fsp3) is 0.533. The maximum atomic E-state index is 11.9. The lowest BCUT2D eigenvalue weighted by atomic mass is 10.2. The highest BCUT2D eigenvalue weighted by atomic mass is 16.5. The summed E-state index contributed by atoms with van der Waals surface area (Å²) in [5.74, 6) is -0.213. The zero-order chi connectivity index (χ0) is 15.0. The summed E-state index contributed by atoms with van der Waals surface area (Å²) in [5.41, 5.74) is 7.42. The van der Waals surface area contributed by atoms with Crippen LogP contribution in [0.2, 0.25) is 0 Å². The van der Waals surface area contributed by atoms with E-state index in [9.17, 15) is 4.79 Å². The van der Waals surface area contributed by atoms with E-state index in [1.54, 1.807) is 0 Å². The fourth-order valence-corrected chi connectivity index (χ4v) is 1.99. The van der Waals surface area contributed by atoms with Gasteiger partial charge in [-0.2, -0.15) is 0 Å². The smallest absolute Gasteiger partial charge is 0.254 e. The van der Waals surface area contributed by atoms with Gasteiger partial charge in [-0.05, 0) is 30.8 Å². The van der Waals surface area contributed by atoms with E-state index in [2.05, 4.69) is 30.1 Å². The fourth-order valence-electron chi connectivity index (χ4n) is 1.99. The van der Waals surface area contributed by atoms with E-state index in [4.69, 9.17) is 10.5 Å². The first-order valence-electron chi connectivity index (χ1n) is 6.99. The van der Waals surface area contributed by atoms with Crippen molar-refractivity contribution in [1.29, 1.82) is 0 Å². The van der Waals surface area contributed by atoms with Gasteiger partial charge in [0.05, 0.1) is 0 Å². The SMILES string of the molecule is CCN(CC)Cc1cccc(NC(=O)C(CN)OC)c1. The summed E-state index contributed by atoms with van der Waals surface area (Å²) in [5, 5.41) is 2.83. The molecule has 1 aromatic carbocycles. The van der Waals surface area contributed by atoms with Crippen molar-refractivity contribution in [3.63, 3.8) is 0 Å². The number of ether oxygens (including phenoxy) is 1. The van der Waals surface area contributed by atoms with Crippen LogP contribution in [0.3, 0.4) is 0 Å². The lowest BCUT2D eigenvalue weighted by Gasteiger charge is -2.19. The van der Waals surface area contributed by atoms with Crippen molar-refractivity contribution in [3.05, 3.63) is 29.8 Å². The molecule has 0 aliphatic heterocycles. The van der Waals surface area contributed by atoms with Gasteiger partial charge in [-0.3, -0.25) is 9.69 Å². The molecule has 5 nitrogen and oxygen atoms in total. The predicted molar refractivity (Wildman–Crippen MR) is 81.5 cm³/mol. The molecule has 1 aromatic rings. The van der Waals surface area contributed by atoms with Gasteiger partial charge in [0.15, 0.2) is 0 Å². The number of hydrogen-bond acceptors (Lipinski definition) is 4. The summed E-state index contributed by atoms with van der Waals surface area (Å²) >= 11 is 0. The van der Waals surface area contributed by atoms with E-state index >= 15 is 0 Å². The summed E-state index contributed by atoms with van der Waals surface area (Å²) in [4.78, 5) is 14.2. The first-order valence-corrected chi connectivity index (χ1v) is 6.99. The minimum Gasteiger partial charge on any atom is -0.370 e. The van der Waals surface area contributed by atoms with Crippen LogP contribution < -0.4 is 11.1 Å². The van der Waals surface area contributed by atoms with Gasteiger partial charge >= 0.3 is 0 Å². The third-order valence-corrected chi connectivity index (χ3v) is 3.29. The summed E-state index contributed by atoms with van der Waals surface area (Å²) < 4.78 is 5.02. The number of nitrogens with one attached hydrogen (secondary N) is 1. The lowest BCUT2D eigenvalue weighted by molar-refractivity contribution is -0.125. The number of anilines is 1. The van der Waals surface area contributed by atoms with Gasteiger partial charge in [-0.25, -0.2) is 0 Å². The number of methoxy groups -OCH3 is 1. The average Bonchev–Trinajstić information content (AvgIpc) is 2.46. The molecule has 0 heterocycles. The van der Waals surface area contributed by atoms with E-state index in [1.165, 1.54) is 12.7 Å². The second-order valence-electron chi connectivity index (χ2n) is 4.61. The van der Waals surface area contributed by atoms with Crippen molar-refractivity contribution in [2.75, 3.05) is 32.1 Å². The van der Waals surface area contributed by atoms with E-state index < -0.39 is 6.10 Å². The number of carbonyl (C=O) groups is 1. The third-order valence-electron chi connectivity index (χ3n) is 3.29. The standard InChI is InChI=1S/C15H25N3O2/c1-4-18(5-2)11-12-7-6-8-13(9-12)17-15(19)14(10-16)20-3/h6-9,14H,4-5,10-11,16H2,1-3H3,(H,17,19). The first kappa shape index (κ1) is 16.6. The molecule has 5 heteroatoms. The Bertz CT molecular complexity index is 415. The normalized spacial score (nSPS) is 12.4. The Morgan fingerprint density at radius 1 is 1.40 bits per heavy atom. The second-order valence-corrected chi connectivity index (χ2v) is 4.61. The number of rotatable bonds is 8. The summed E-state index contributed by atoms with van der Waals surface area (Å²) in [6, 6.07) is 7.86. The molecule has 1 atom stereocenters. The van der Waals surface area contributed by atoms with Gasteiger partial charge < -0.3 is 15.8 Å². The van der Waals surface area contributed by atoms with Crippen LogP contribution >= 0.6 is 0 Å². The van der Waals surface area contributed by atoms with Crippen LogP contribution in [0.5, 0.6) is 0 Å². The Labute approximate surface area is 121 Å². The van der Waals surface area contributed by atoms with Crippen LogP contribution in [0.15, 0.2) is 24.3 Å². The average molecular weight is 279 g/mol. The largest absolute Gasteiger partial charge is 0.370 e. The van der Waals surface area contributed by atoms with E-state index in [0.29, 0.717) is 0 Å². The van der Waals surface area contributed by atoms with Crippen molar-refractivity contribution in [3.8, 4) is 0 Å². The summed E-state index contributed by atoms with van der Waals surface area (Å²) in [6.45, 7) is 7.33. The van der Waals surface area contributed by atoms with Crippen molar-refractivity contribution in [2.45, 2.75) is 26.5 Å². The predicted octanol–water partition coefficient (Wildman–Crippen LogP) is 1.44. The summed E-state index contributed by atoms with van der Waals surface area (Å²) in [7, 11) is 1.48. The van der Waals surface area contributed by atoms with Gasteiger partial charge in [0.2, 0.25) is 0 Å². The highest BCUT2D eigenvalue weighted by Gasteiger charge is 2.15. The zero-order valence-electron chi connectivity index (χ0n) is 12.6. The molecule has 1 amide bonds. The third kappa shape index (κ3) is 4.92. The second kappa shape index (κ2) is 8.68. The Hall–Kier alpha value is -1.43. The first-order chi connectivity index (χ1) is 9.64. The zero-order valence-corrected chi connectivity index (χ0v) is 12.6. The molecule has 1 rings (SSSR count). The maximum Gasteiger partial charge on any atom is 0.254 e. The van der Waals surface area contributed by atoms with Crippen LogP contribution in [-0.2, 0) is 16.1 Å². The van der Waals surface area contributed by atoms with Gasteiger partial charge in [0.25, 0.3) is 5.91 Å². The quantitative estimate of drug-likeness (QED) is 0.755. The monoisotopic (exact) mass is 279 g/mol. The van der Waals surface area contributed by atoms with Crippen LogP contribution in [0.1, 0.15) is 19.4 Å². The molecule has 3 N–H and O–H groups in total. The minimum atomic E-state index is -0.610. The minimum absolute atomic E-state index is 0.168. The van der Waals surface area contributed by atoms with Gasteiger partial charge in [-0.1, -0.05) is 26.0 Å². The molecule has 0 aliphatic carbocycles. The number of nitrogens with two attached hydrogens (primary N) is 1. The molecule has 0 saturated heterocycles. The van der Waals surface area contributed by atoms with Crippen molar-refractivity contribution < 1.29 is 9.53 Å². The van der Waals surface area contributed by atoms with Crippen LogP contribution in [0.4, 0.5) is 5.69 Å². The number of hydrogen-bond donors (Lipinski definition) is 2. The molecule has 20 heavy (non-hydrogen) atoms. The van der Waals surface area contributed by atoms with Crippen molar-refractivity contribution >= 4 is 11.6 Å². The van der Waals surface area contributed by atoms with Gasteiger partial charge in [-0.15, -0.1) is 0 Å². The van der Waals surface area contributed by atoms with Crippen LogP contribution in [0, 0.1) is 0 Å². The molecule has 0 bridgehead atoms. The molecule has 0 aromatic heterocycles. The van der Waals surface area contributed by atoms with Crippen LogP contribution in [-0.4, -0.2) is 43.7 Å². The van der Waals surface area contributed by atoms with Crippen LogP contribution in [0.25, 0.3) is 0 Å². The molecule has 0 radical (unpaired) electrons. The maximum absolute atomic E-state index is 11.9. The molecular formula is C15H25N3O2. The van der Waals surface area contributed by atoms with Crippen molar-refractivity contribution in [2.24, 2.45) is 5.73 Å². The number of benzene rings is 1. The van der Waals surface area contributed by atoms with E-state index in [-0.39, 0.29) is 12.5 Å². The Morgan fingerprint density at radius 2 is 2.10 bits per heavy atom. The topological polar surface area (TPSA) is 67.6 Å². The number of carbonyl (C=O) groups excluding carboxylic acids is 1. The van der Waals surface area contributed by atoms with E-state index in [0.717, 1.165) is 25.3 Å². The highest BCUT2D eigenvalue weighted by molar-refractivity contribution is 5.94. The molecule has 0 saturated carbocycles.